The molecule has 3 heterocycles. The van der Waals surface area contributed by atoms with E-state index in [2.05, 4.69) is 61.8 Å². The van der Waals surface area contributed by atoms with Crippen molar-refractivity contribution in [2.45, 2.75) is 58.3 Å². The fourth-order valence-corrected chi connectivity index (χ4v) is 7.69. The molecular weight excluding hydrogens is 721 g/mol. The molecule has 1 fully saturated rings. The number of benzene rings is 1. The molecular formula is C35H52N10O6S2. The summed E-state index contributed by atoms with van der Waals surface area (Å²) in [6.45, 7) is 8.78. The van der Waals surface area contributed by atoms with Crippen LogP contribution >= 0.6 is 23.5 Å². The van der Waals surface area contributed by atoms with Crippen molar-refractivity contribution in [3.63, 3.8) is 0 Å². The number of fused-ring (bicyclic) bond motifs is 1. The number of hydrogen-bond acceptors (Lipinski definition) is 14. The molecule has 3 aromatic rings. The number of piperazine rings is 1. The summed E-state index contributed by atoms with van der Waals surface area (Å²) in [4.78, 5) is 52.2. The average molecular weight is 773 g/mol. The molecule has 1 saturated heterocycles. The molecule has 4 rings (SSSR count). The van der Waals surface area contributed by atoms with Crippen LogP contribution in [0, 0.1) is 6.92 Å². The minimum Gasteiger partial charge on any atom is -0.480 e. The standard InChI is InChI=1S/C35H52N10O6S2/c1-3-4-5-9-39-31-30-29(41-34(38)42-31)8-10-45(30)17-25-7-6-24(15-23(25)2)16-43-11-13-44(14-12-43)35(50)51-22-40-26(18-52-20-27(36)32(46)47)19-53-21-28(37)33(48)49/h6-8,10,15,27-28H,3-5,9,11-14,16-22,36-37H2,1-2H3,(H,46,47)(H,48,49)(H3,38,39,41,42)/t27-,28?/m0/s1. The molecule has 9 N–H and O–H groups in total. The number of nitrogens with two attached hydrogens (primary N) is 3. The third-order valence-corrected chi connectivity index (χ3v) is 11.0. The van der Waals surface area contributed by atoms with Crippen molar-refractivity contribution < 1.29 is 29.3 Å². The molecule has 1 aliphatic heterocycles. The molecule has 290 valence electrons. The Bertz CT molecular complexity index is 1690. The normalized spacial score (nSPS) is 15.0. The molecule has 0 spiro atoms. The lowest BCUT2D eigenvalue weighted by Gasteiger charge is -2.34. The zero-order chi connectivity index (χ0) is 38.3. The number of nitrogens with zero attached hydrogens (tertiary/aromatic N) is 6. The van der Waals surface area contributed by atoms with Crippen LogP contribution < -0.4 is 22.5 Å². The van der Waals surface area contributed by atoms with E-state index < -0.39 is 30.1 Å². The first-order valence-corrected chi connectivity index (χ1v) is 20.0. The maximum Gasteiger partial charge on any atom is 0.411 e. The number of carbonyl (C=O) groups excluding carboxylic acids is 1. The topological polar surface area (TPSA) is 241 Å². The number of nitrogen functional groups attached to an aromatic ring is 1. The van der Waals surface area contributed by atoms with Crippen LogP contribution in [-0.4, -0.2) is 133 Å². The Balaban J connectivity index is 1.26. The Morgan fingerprint density at radius 2 is 1.66 bits per heavy atom. The second kappa shape index (κ2) is 21.0. The predicted octanol–water partition coefficient (Wildman–Crippen LogP) is 2.92. The van der Waals surface area contributed by atoms with Gasteiger partial charge in [0.15, 0.2) is 12.5 Å². The Hall–Kier alpha value is -4.10. The fourth-order valence-electron chi connectivity index (χ4n) is 5.68. The Labute approximate surface area is 318 Å². The zero-order valence-electron chi connectivity index (χ0n) is 30.4. The summed E-state index contributed by atoms with van der Waals surface area (Å²) < 4.78 is 7.61. The third-order valence-electron chi connectivity index (χ3n) is 8.73. The van der Waals surface area contributed by atoms with Crippen molar-refractivity contribution >= 4 is 70.1 Å². The number of carboxylic acids is 2. The number of anilines is 2. The van der Waals surface area contributed by atoms with Crippen LogP contribution in [0.15, 0.2) is 35.5 Å². The van der Waals surface area contributed by atoms with E-state index in [1.165, 1.54) is 40.2 Å². The monoisotopic (exact) mass is 772 g/mol. The van der Waals surface area contributed by atoms with Gasteiger partial charge in [0.1, 0.15) is 17.6 Å². The molecule has 0 aliphatic carbocycles. The van der Waals surface area contributed by atoms with Crippen LogP contribution in [0.1, 0.15) is 42.9 Å². The molecule has 53 heavy (non-hydrogen) atoms. The minimum atomic E-state index is -1.10. The minimum absolute atomic E-state index is 0.177. The van der Waals surface area contributed by atoms with Gasteiger partial charge in [0, 0.05) is 80.7 Å². The highest BCUT2D eigenvalue weighted by Crippen LogP contribution is 2.25. The highest BCUT2D eigenvalue weighted by molar-refractivity contribution is 8.01. The quantitative estimate of drug-likeness (QED) is 0.0674. The van der Waals surface area contributed by atoms with E-state index in [9.17, 15) is 14.4 Å². The molecule has 1 amide bonds. The average Bonchev–Trinajstić information content (AvgIpc) is 3.53. The molecule has 1 aromatic carbocycles. The van der Waals surface area contributed by atoms with E-state index in [1.807, 2.05) is 12.3 Å². The molecule has 1 unspecified atom stereocenters. The number of hydrogen-bond donors (Lipinski definition) is 6. The van der Waals surface area contributed by atoms with E-state index in [0.717, 1.165) is 49.2 Å². The largest absolute Gasteiger partial charge is 0.480 e. The lowest BCUT2D eigenvalue weighted by molar-refractivity contribution is -0.138. The van der Waals surface area contributed by atoms with E-state index in [1.54, 1.807) is 4.90 Å². The Morgan fingerprint density at radius 3 is 2.28 bits per heavy atom. The second-order valence-electron chi connectivity index (χ2n) is 12.9. The van der Waals surface area contributed by atoms with Crippen LogP contribution in [0.2, 0.25) is 0 Å². The van der Waals surface area contributed by atoms with Crippen LogP contribution in [-0.2, 0) is 27.4 Å². The number of carbonyl (C=O) groups is 3. The summed E-state index contributed by atoms with van der Waals surface area (Å²) in [5.74, 6) is -0.107. The van der Waals surface area contributed by atoms with Crippen molar-refractivity contribution in [3.05, 3.63) is 47.2 Å². The van der Waals surface area contributed by atoms with E-state index in [-0.39, 0.29) is 24.2 Å². The number of thioether (sulfide) groups is 2. The number of aromatic nitrogens is 3. The van der Waals surface area contributed by atoms with Crippen molar-refractivity contribution in [1.29, 1.82) is 0 Å². The summed E-state index contributed by atoms with van der Waals surface area (Å²) >= 11 is 2.58. The van der Waals surface area contributed by atoms with Gasteiger partial charge in [0.05, 0.1) is 5.52 Å². The Kier molecular flexibility index (Phi) is 16.5. The van der Waals surface area contributed by atoms with E-state index in [0.29, 0.717) is 49.9 Å². The van der Waals surface area contributed by atoms with Gasteiger partial charge in [-0.05, 0) is 36.1 Å². The first-order valence-electron chi connectivity index (χ1n) is 17.7. The fraction of sp³-hybridized carbons (Fsp3) is 0.543. The van der Waals surface area contributed by atoms with Crippen molar-refractivity contribution in [1.82, 2.24) is 24.3 Å². The lowest BCUT2D eigenvalue weighted by atomic mass is 10.0. The lowest BCUT2D eigenvalue weighted by Crippen LogP contribution is -2.48. The van der Waals surface area contributed by atoms with Crippen LogP contribution in [0.4, 0.5) is 16.6 Å². The summed E-state index contributed by atoms with van der Waals surface area (Å²) in [6.07, 6.45) is 4.92. The van der Waals surface area contributed by atoms with Crippen LogP contribution in [0.25, 0.3) is 11.0 Å². The first kappa shape index (κ1) is 41.7. The maximum atomic E-state index is 12.8. The highest BCUT2D eigenvalue weighted by atomic mass is 32.2. The Morgan fingerprint density at radius 1 is 0.981 bits per heavy atom. The van der Waals surface area contributed by atoms with Crippen molar-refractivity contribution in [2.24, 2.45) is 16.5 Å². The smallest absolute Gasteiger partial charge is 0.411 e. The molecule has 18 heteroatoms. The number of ether oxygens (including phenoxy) is 1. The number of nitrogens with one attached hydrogen (secondary N) is 1. The SMILES string of the molecule is CCCCCNc1nc(N)nc2ccn(Cc3ccc(CN4CCN(C(=O)OCN=C(CSCC(N)C(=O)O)CSC[C@H](N)C(=O)O)CC4)cc3C)c12. The molecule has 1 aliphatic rings. The van der Waals surface area contributed by atoms with Crippen LogP contribution in [0.3, 0.4) is 0 Å². The predicted molar refractivity (Wildman–Crippen MR) is 212 cm³/mol. The molecule has 2 atom stereocenters. The molecule has 16 nitrogen and oxygen atoms in total. The van der Waals surface area contributed by atoms with Gasteiger partial charge in [-0.2, -0.15) is 28.5 Å². The van der Waals surface area contributed by atoms with Gasteiger partial charge in [0.2, 0.25) is 5.95 Å². The highest BCUT2D eigenvalue weighted by Gasteiger charge is 2.23. The van der Waals surface area contributed by atoms with Gasteiger partial charge in [0.25, 0.3) is 0 Å². The number of unbranched alkanes of at least 4 members (excludes halogenated alkanes) is 2. The van der Waals surface area contributed by atoms with Gasteiger partial charge in [-0.1, -0.05) is 38.0 Å². The second-order valence-corrected chi connectivity index (χ2v) is 15.0. The van der Waals surface area contributed by atoms with Gasteiger partial charge in [-0.15, -0.1) is 0 Å². The number of amides is 1. The molecule has 0 radical (unpaired) electrons. The van der Waals surface area contributed by atoms with Crippen LogP contribution in [0.5, 0.6) is 0 Å². The number of aliphatic carboxylic acids is 2. The van der Waals surface area contributed by atoms with E-state index in [4.69, 9.17) is 32.2 Å². The summed E-state index contributed by atoms with van der Waals surface area (Å²) in [5, 5.41) is 21.5. The molecule has 2 aromatic heterocycles. The van der Waals surface area contributed by atoms with Gasteiger partial charge < -0.3 is 46.9 Å². The summed E-state index contributed by atoms with van der Waals surface area (Å²) in [5.41, 5.74) is 23.2. The van der Waals surface area contributed by atoms with Gasteiger partial charge in [-0.3, -0.25) is 19.5 Å². The molecule has 0 bridgehead atoms. The summed E-state index contributed by atoms with van der Waals surface area (Å²) in [6, 6.07) is 6.49. The zero-order valence-corrected chi connectivity index (χ0v) is 32.0. The summed E-state index contributed by atoms with van der Waals surface area (Å²) in [7, 11) is 0. The number of carboxylic acid groups (broad SMARTS) is 2. The first-order chi connectivity index (χ1) is 25.4. The van der Waals surface area contributed by atoms with Gasteiger partial charge >= 0.3 is 18.0 Å². The number of rotatable bonds is 21. The molecule has 0 saturated carbocycles. The third kappa shape index (κ3) is 13.1. The van der Waals surface area contributed by atoms with Gasteiger partial charge in [-0.25, -0.2) is 9.78 Å². The van der Waals surface area contributed by atoms with E-state index >= 15 is 0 Å². The number of aliphatic imine (C=N–C) groups is 1. The maximum absolute atomic E-state index is 12.8. The van der Waals surface area contributed by atoms with Crippen molar-refractivity contribution in [3.8, 4) is 0 Å². The van der Waals surface area contributed by atoms with Crippen molar-refractivity contribution in [2.75, 3.05) is 73.5 Å². The number of aryl methyl sites for hydroxylation is 1.